The first-order valence-electron chi connectivity index (χ1n) is 11.1. The topological polar surface area (TPSA) is 126 Å². The predicted molar refractivity (Wildman–Crippen MR) is 127 cm³/mol. The smallest absolute Gasteiger partial charge is 0.325 e. The molecule has 0 radical (unpaired) electrons. The molecule has 2 aromatic rings. The molecule has 34 heavy (non-hydrogen) atoms. The fourth-order valence-electron chi connectivity index (χ4n) is 3.49. The van der Waals surface area contributed by atoms with E-state index in [0.29, 0.717) is 17.9 Å². The average molecular weight is 467 g/mol. The number of esters is 1. The highest BCUT2D eigenvalue weighted by atomic mass is 16.5. The summed E-state index contributed by atoms with van der Waals surface area (Å²) in [5.41, 5.74) is 8.31. The molecule has 9 nitrogen and oxygen atoms in total. The van der Waals surface area contributed by atoms with Crippen LogP contribution < -0.4 is 5.73 Å². The molecule has 0 fully saturated rings. The highest BCUT2D eigenvalue weighted by molar-refractivity contribution is 6.42. The van der Waals surface area contributed by atoms with Gasteiger partial charge in [0, 0.05) is 25.2 Å². The number of aliphatic hydroxyl groups excluding tert-OH is 1. The van der Waals surface area contributed by atoms with Crippen LogP contribution in [0.15, 0.2) is 53.5 Å². The third kappa shape index (κ3) is 6.41. The van der Waals surface area contributed by atoms with Crippen LogP contribution in [0.1, 0.15) is 35.3 Å². The Kier molecular flexibility index (Phi) is 8.37. The number of benzene rings is 2. The van der Waals surface area contributed by atoms with Crippen molar-refractivity contribution in [1.82, 2.24) is 9.80 Å². The molecule has 9 heteroatoms. The summed E-state index contributed by atoms with van der Waals surface area (Å²) in [5.74, 6) is -1.40. The number of guanidine groups is 1. The van der Waals surface area contributed by atoms with Crippen LogP contribution in [0, 0.1) is 5.92 Å². The zero-order chi connectivity index (χ0) is 24.7. The minimum absolute atomic E-state index is 0.0392. The van der Waals surface area contributed by atoms with Crippen molar-refractivity contribution in [1.29, 1.82) is 0 Å². The molecule has 3 rings (SSSR count). The molecule has 1 aliphatic rings. The number of carbonyl (C=O) groups excluding carboxylic acids is 3. The van der Waals surface area contributed by atoms with Crippen LogP contribution in [0.5, 0.6) is 0 Å². The maximum Gasteiger partial charge on any atom is 0.325 e. The monoisotopic (exact) mass is 466 g/mol. The summed E-state index contributed by atoms with van der Waals surface area (Å²) in [6.07, 6.45) is 0. The number of rotatable bonds is 10. The Morgan fingerprint density at radius 3 is 2.59 bits per heavy atom. The molecular weight excluding hydrogens is 436 g/mol. The number of aliphatic hydroxyl groups is 1. The van der Waals surface area contributed by atoms with Gasteiger partial charge in [0.25, 0.3) is 5.91 Å². The van der Waals surface area contributed by atoms with Crippen molar-refractivity contribution in [2.45, 2.75) is 26.9 Å². The second-order valence-corrected chi connectivity index (χ2v) is 8.51. The van der Waals surface area contributed by atoms with E-state index in [1.165, 1.54) is 11.0 Å². The summed E-state index contributed by atoms with van der Waals surface area (Å²) in [5, 5.41) is 9.39. The van der Waals surface area contributed by atoms with E-state index in [-0.39, 0.29) is 50.2 Å². The lowest BCUT2D eigenvalue weighted by atomic mass is 10.0. The average Bonchev–Trinajstić information content (AvgIpc) is 2.82. The summed E-state index contributed by atoms with van der Waals surface area (Å²) in [7, 11) is 0. The number of Topliss-reactive ketones (excluding diaryl/α,β-unsaturated/α-hetero) is 1. The molecule has 0 saturated carbocycles. The summed E-state index contributed by atoms with van der Waals surface area (Å²) in [6.45, 7) is 4.38. The van der Waals surface area contributed by atoms with E-state index in [2.05, 4.69) is 4.99 Å². The zero-order valence-electron chi connectivity index (χ0n) is 19.4. The van der Waals surface area contributed by atoms with Crippen molar-refractivity contribution >= 4 is 29.3 Å². The number of aliphatic imine (C=N–C) groups is 1. The van der Waals surface area contributed by atoms with Gasteiger partial charge < -0.3 is 25.4 Å². The summed E-state index contributed by atoms with van der Waals surface area (Å²) < 4.78 is 5.22. The maximum atomic E-state index is 13.0. The first-order chi connectivity index (χ1) is 16.3. The van der Waals surface area contributed by atoms with Crippen molar-refractivity contribution in [2.75, 3.05) is 26.3 Å². The molecule has 3 N–H and O–H groups in total. The quantitative estimate of drug-likeness (QED) is 0.311. The number of hydrogen-bond acceptors (Lipinski definition) is 8. The molecule has 180 valence electrons. The molecule has 0 saturated heterocycles. The van der Waals surface area contributed by atoms with E-state index in [4.69, 9.17) is 10.5 Å². The second kappa shape index (κ2) is 11.4. The normalized spacial score (nSPS) is 12.7. The third-order valence-electron chi connectivity index (χ3n) is 5.23. The van der Waals surface area contributed by atoms with Gasteiger partial charge >= 0.3 is 5.97 Å². The summed E-state index contributed by atoms with van der Waals surface area (Å²) in [6, 6.07) is 14.0. The number of nitrogens with two attached hydrogens (primary N) is 1. The van der Waals surface area contributed by atoms with Gasteiger partial charge in [0.1, 0.15) is 6.54 Å². The van der Waals surface area contributed by atoms with Gasteiger partial charge in [-0.25, -0.2) is 4.99 Å². The molecular formula is C25H30N4O5. The van der Waals surface area contributed by atoms with Gasteiger partial charge in [-0.1, -0.05) is 44.2 Å². The van der Waals surface area contributed by atoms with Crippen LogP contribution >= 0.6 is 0 Å². The standard InChI is InChI=1S/C25H30N4O5/c1-17(2)16-34-22(31)15-29-14-20-12-19(8-9-21(20)27-25(29)26)23(32)24(33)28(10-11-30)13-18-6-4-3-5-7-18/h3-9,12,17,30H,10-11,13-16H2,1-2H3,(H2,26,27). The molecule has 0 aliphatic carbocycles. The second-order valence-electron chi connectivity index (χ2n) is 8.51. The van der Waals surface area contributed by atoms with Crippen molar-refractivity contribution in [3.63, 3.8) is 0 Å². The Morgan fingerprint density at radius 1 is 1.18 bits per heavy atom. The number of fused-ring (bicyclic) bond motifs is 1. The molecule has 0 unspecified atom stereocenters. The molecule has 0 spiro atoms. The van der Waals surface area contributed by atoms with E-state index < -0.39 is 17.7 Å². The fraction of sp³-hybridized carbons (Fsp3) is 0.360. The molecule has 0 bridgehead atoms. The number of hydrogen-bond donors (Lipinski definition) is 2. The van der Waals surface area contributed by atoms with Crippen molar-refractivity contribution in [3.8, 4) is 0 Å². The van der Waals surface area contributed by atoms with E-state index in [1.807, 2.05) is 44.2 Å². The van der Waals surface area contributed by atoms with E-state index in [1.54, 1.807) is 17.0 Å². The molecule has 0 atom stereocenters. The van der Waals surface area contributed by atoms with Crippen molar-refractivity contribution < 1.29 is 24.2 Å². The lowest BCUT2D eigenvalue weighted by molar-refractivity contribution is -0.145. The lowest BCUT2D eigenvalue weighted by Gasteiger charge is -2.27. The molecule has 1 amide bonds. The zero-order valence-corrected chi connectivity index (χ0v) is 19.4. The maximum absolute atomic E-state index is 13.0. The number of nitrogens with zero attached hydrogens (tertiary/aromatic N) is 3. The summed E-state index contributed by atoms with van der Waals surface area (Å²) in [4.78, 5) is 45.3. The van der Waals surface area contributed by atoms with Crippen LogP contribution in [-0.4, -0.2) is 64.8 Å². The molecule has 0 aromatic heterocycles. The van der Waals surface area contributed by atoms with Gasteiger partial charge in [0.15, 0.2) is 5.96 Å². The third-order valence-corrected chi connectivity index (χ3v) is 5.23. The first kappa shape index (κ1) is 24.9. The van der Waals surface area contributed by atoms with Gasteiger partial charge in [0.2, 0.25) is 5.78 Å². The van der Waals surface area contributed by atoms with Crippen LogP contribution in [-0.2, 0) is 27.4 Å². The first-order valence-corrected chi connectivity index (χ1v) is 11.1. The Hall–Kier alpha value is -3.72. The SMILES string of the molecule is CC(C)COC(=O)CN1Cc2cc(C(=O)C(=O)N(CCO)Cc3ccccc3)ccc2N=C1N. The van der Waals surface area contributed by atoms with Crippen LogP contribution in [0.3, 0.4) is 0 Å². The number of ketones is 1. The van der Waals surface area contributed by atoms with Gasteiger partial charge in [-0.2, -0.15) is 0 Å². The van der Waals surface area contributed by atoms with Crippen molar-refractivity contribution in [2.24, 2.45) is 16.6 Å². The van der Waals surface area contributed by atoms with E-state index in [0.717, 1.165) is 5.56 Å². The van der Waals surface area contributed by atoms with Crippen molar-refractivity contribution in [3.05, 3.63) is 65.2 Å². The fourth-order valence-corrected chi connectivity index (χ4v) is 3.49. The highest BCUT2D eigenvalue weighted by Gasteiger charge is 2.26. The Bertz CT molecular complexity index is 1070. The Balaban J connectivity index is 1.73. The molecule has 1 heterocycles. The van der Waals surface area contributed by atoms with Crippen LogP contribution in [0.2, 0.25) is 0 Å². The predicted octanol–water partition coefficient (Wildman–Crippen LogP) is 1.85. The number of ether oxygens (including phenoxy) is 1. The van der Waals surface area contributed by atoms with Gasteiger partial charge in [-0.15, -0.1) is 0 Å². The number of amides is 1. The molecule has 2 aromatic carbocycles. The minimum atomic E-state index is -0.703. The number of carbonyl (C=O) groups is 3. The van der Waals surface area contributed by atoms with Gasteiger partial charge in [0.05, 0.1) is 18.9 Å². The Labute approximate surface area is 198 Å². The van der Waals surface area contributed by atoms with Gasteiger partial charge in [-0.05, 0) is 35.2 Å². The Morgan fingerprint density at radius 2 is 1.91 bits per heavy atom. The molecule has 1 aliphatic heterocycles. The highest BCUT2D eigenvalue weighted by Crippen LogP contribution is 2.27. The van der Waals surface area contributed by atoms with Crippen LogP contribution in [0.4, 0.5) is 5.69 Å². The summed E-state index contributed by atoms with van der Waals surface area (Å²) >= 11 is 0. The van der Waals surface area contributed by atoms with E-state index >= 15 is 0 Å². The minimum Gasteiger partial charge on any atom is -0.464 e. The van der Waals surface area contributed by atoms with E-state index in [9.17, 15) is 19.5 Å². The lowest BCUT2D eigenvalue weighted by Crippen LogP contribution is -2.42. The van der Waals surface area contributed by atoms with Crippen LogP contribution in [0.25, 0.3) is 0 Å². The van der Waals surface area contributed by atoms with Gasteiger partial charge in [-0.3, -0.25) is 14.4 Å². The largest absolute Gasteiger partial charge is 0.464 e.